The van der Waals surface area contributed by atoms with E-state index in [0.717, 1.165) is 50.2 Å². The van der Waals surface area contributed by atoms with Crippen molar-refractivity contribution in [3.63, 3.8) is 0 Å². The number of thioether (sulfide) groups is 1. The molecule has 3 heterocycles. The fraction of sp³-hybridized carbons (Fsp3) is 0.867. The number of likely N-dealkylation sites (tertiary alicyclic amines) is 1. The Morgan fingerprint density at radius 3 is 2.67 bits per heavy atom. The van der Waals surface area contributed by atoms with Crippen LogP contribution in [0.1, 0.15) is 37.9 Å². The molecule has 6 heteroatoms. The summed E-state index contributed by atoms with van der Waals surface area (Å²) in [6.07, 6.45) is 4.54. The van der Waals surface area contributed by atoms with Crippen molar-refractivity contribution >= 4 is 11.8 Å². The summed E-state index contributed by atoms with van der Waals surface area (Å²) in [6, 6.07) is 0.792. The van der Waals surface area contributed by atoms with Crippen molar-refractivity contribution in [1.29, 1.82) is 0 Å². The largest absolute Gasteiger partial charge is 0.338 e. The molecule has 3 rings (SSSR count). The van der Waals surface area contributed by atoms with Crippen molar-refractivity contribution < 1.29 is 4.52 Å². The molecule has 1 aromatic rings. The zero-order chi connectivity index (χ0) is 14.5. The highest BCUT2D eigenvalue weighted by Gasteiger charge is 2.26. The first-order valence-corrected chi connectivity index (χ1v) is 9.36. The summed E-state index contributed by atoms with van der Waals surface area (Å²) < 4.78 is 5.35. The fourth-order valence-electron chi connectivity index (χ4n) is 3.26. The number of hydrogen-bond donors (Lipinski definition) is 0. The van der Waals surface area contributed by atoms with Crippen molar-refractivity contribution in [1.82, 2.24) is 19.9 Å². The second-order valence-corrected chi connectivity index (χ2v) is 7.23. The summed E-state index contributed by atoms with van der Waals surface area (Å²) in [5.41, 5.74) is 0. The van der Waals surface area contributed by atoms with E-state index in [1.807, 2.05) is 0 Å². The van der Waals surface area contributed by atoms with Crippen LogP contribution in [0.4, 0.5) is 0 Å². The monoisotopic (exact) mass is 310 g/mol. The van der Waals surface area contributed by atoms with Gasteiger partial charge in [0.2, 0.25) is 5.89 Å². The summed E-state index contributed by atoms with van der Waals surface area (Å²) in [5.74, 6) is 4.25. The molecular formula is C15H26N4OS. The van der Waals surface area contributed by atoms with Crippen molar-refractivity contribution in [3.8, 4) is 0 Å². The smallest absolute Gasteiger partial charge is 0.240 e. The molecule has 2 aliphatic rings. The molecule has 0 unspecified atom stereocenters. The van der Waals surface area contributed by atoms with Gasteiger partial charge < -0.3 is 4.52 Å². The second kappa shape index (κ2) is 7.61. The van der Waals surface area contributed by atoms with Gasteiger partial charge in [-0.1, -0.05) is 12.1 Å². The predicted molar refractivity (Wildman–Crippen MR) is 85.5 cm³/mol. The van der Waals surface area contributed by atoms with Crippen molar-refractivity contribution in [2.45, 2.75) is 45.2 Å². The van der Waals surface area contributed by atoms with Crippen LogP contribution in [0.3, 0.4) is 0 Å². The summed E-state index contributed by atoms with van der Waals surface area (Å²) in [6.45, 7) is 7.82. The number of piperidine rings is 1. The van der Waals surface area contributed by atoms with Crippen LogP contribution in [0.15, 0.2) is 4.52 Å². The first-order chi connectivity index (χ1) is 10.3. The van der Waals surface area contributed by atoms with Gasteiger partial charge in [-0.15, -0.1) is 0 Å². The minimum Gasteiger partial charge on any atom is -0.338 e. The van der Waals surface area contributed by atoms with Gasteiger partial charge in [0.25, 0.3) is 0 Å². The summed E-state index contributed by atoms with van der Waals surface area (Å²) >= 11 is 2.09. The van der Waals surface area contributed by atoms with Gasteiger partial charge in [-0.2, -0.15) is 16.7 Å². The average Bonchev–Trinajstić information content (AvgIpc) is 2.97. The quantitative estimate of drug-likeness (QED) is 0.829. The normalized spacial score (nSPS) is 22.7. The van der Waals surface area contributed by atoms with E-state index in [1.54, 1.807) is 0 Å². The minimum absolute atomic E-state index is 0.784. The Morgan fingerprint density at radius 2 is 1.95 bits per heavy atom. The molecule has 2 saturated heterocycles. The topological polar surface area (TPSA) is 45.4 Å². The standard InChI is InChI=1S/C15H26N4OS/c1-2-3-14-16-15(20-17-14)12-18-6-4-13(5-7-18)19-8-10-21-11-9-19/h13H,2-12H2,1H3. The first-order valence-electron chi connectivity index (χ1n) is 8.20. The van der Waals surface area contributed by atoms with Gasteiger partial charge in [0.05, 0.1) is 6.54 Å². The molecule has 0 radical (unpaired) electrons. The van der Waals surface area contributed by atoms with Gasteiger partial charge in [0, 0.05) is 50.1 Å². The third kappa shape index (κ3) is 4.20. The Labute approximate surface area is 131 Å². The summed E-state index contributed by atoms with van der Waals surface area (Å²) in [7, 11) is 0. The van der Waals surface area contributed by atoms with Crippen LogP contribution >= 0.6 is 11.8 Å². The molecule has 0 aromatic carbocycles. The first kappa shape index (κ1) is 15.3. The van der Waals surface area contributed by atoms with Crippen LogP contribution < -0.4 is 0 Å². The number of hydrogen-bond acceptors (Lipinski definition) is 6. The molecule has 0 aliphatic carbocycles. The SMILES string of the molecule is CCCc1noc(CN2CCC(N3CCSCC3)CC2)n1. The molecule has 5 nitrogen and oxygen atoms in total. The molecule has 0 saturated carbocycles. The maximum Gasteiger partial charge on any atom is 0.240 e. The van der Waals surface area contributed by atoms with Crippen LogP contribution in [-0.4, -0.2) is 63.7 Å². The van der Waals surface area contributed by atoms with E-state index in [2.05, 4.69) is 38.6 Å². The van der Waals surface area contributed by atoms with Gasteiger partial charge >= 0.3 is 0 Å². The molecule has 0 bridgehead atoms. The molecule has 2 fully saturated rings. The highest BCUT2D eigenvalue weighted by molar-refractivity contribution is 7.99. The minimum atomic E-state index is 0.784. The molecule has 0 atom stereocenters. The molecule has 118 valence electrons. The lowest BCUT2D eigenvalue weighted by Crippen LogP contribution is -2.47. The second-order valence-electron chi connectivity index (χ2n) is 6.01. The zero-order valence-corrected chi connectivity index (χ0v) is 13.8. The highest BCUT2D eigenvalue weighted by Crippen LogP contribution is 2.21. The van der Waals surface area contributed by atoms with Gasteiger partial charge in [0.15, 0.2) is 5.82 Å². The Kier molecular flexibility index (Phi) is 5.55. The number of aryl methyl sites for hydroxylation is 1. The van der Waals surface area contributed by atoms with Crippen LogP contribution in [0.25, 0.3) is 0 Å². The van der Waals surface area contributed by atoms with Crippen LogP contribution in [-0.2, 0) is 13.0 Å². The Morgan fingerprint density at radius 1 is 1.19 bits per heavy atom. The van der Waals surface area contributed by atoms with E-state index in [0.29, 0.717) is 0 Å². The Bertz CT molecular complexity index is 425. The molecule has 0 amide bonds. The third-order valence-corrected chi connectivity index (χ3v) is 5.40. The molecule has 21 heavy (non-hydrogen) atoms. The number of rotatable bonds is 5. The van der Waals surface area contributed by atoms with E-state index in [-0.39, 0.29) is 0 Å². The lowest BCUT2D eigenvalue weighted by Gasteiger charge is -2.39. The van der Waals surface area contributed by atoms with Gasteiger partial charge in [-0.05, 0) is 19.3 Å². The van der Waals surface area contributed by atoms with Crippen LogP contribution in [0.2, 0.25) is 0 Å². The molecular weight excluding hydrogens is 284 g/mol. The van der Waals surface area contributed by atoms with Crippen molar-refractivity contribution in [3.05, 3.63) is 11.7 Å². The van der Waals surface area contributed by atoms with E-state index in [9.17, 15) is 0 Å². The van der Waals surface area contributed by atoms with E-state index >= 15 is 0 Å². The molecule has 2 aliphatic heterocycles. The molecule has 1 aromatic heterocycles. The lowest BCUT2D eigenvalue weighted by atomic mass is 10.0. The van der Waals surface area contributed by atoms with Gasteiger partial charge in [0.1, 0.15) is 0 Å². The van der Waals surface area contributed by atoms with E-state index < -0.39 is 0 Å². The molecule has 0 spiro atoms. The summed E-state index contributed by atoms with van der Waals surface area (Å²) in [5, 5.41) is 4.04. The lowest BCUT2D eigenvalue weighted by molar-refractivity contribution is 0.105. The maximum absolute atomic E-state index is 5.35. The number of aromatic nitrogens is 2. The number of nitrogens with zero attached hydrogens (tertiary/aromatic N) is 4. The van der Waals surface area contributed by atoms with Crippen LogP contribution in [0.5, 0.6) is 0 Å². The van der Waals surface area contributed by atoms with E-state index in [1.165, 1.54) is 37.4 Å². The maximum atomic E-state index is 5.35. The Hall–Kier alpha value is -0.590. The van der Waals surface area contributed by atoms with Crippen molar-refractivity contribution in [2.75, 3.05) is 37.7 Å². The van der Waals surface area contributed by atoms with Crippen LogP contribution in [0, 0.1) is 0 Å². The predicted octanol–water partition coefficient (Wildman–Crippen LogP) is 2.04. The third-order valence-electron chi connectivity index (χ3n) is 4.46. The summed E-state index contributed by atoms with van der Waals surface area (Å²) in [4.78, 5) is 9.62. The fourth-order valence-corrected chi connectivity index (χ4v) is 4.19. The van der Waals surface area contributed by atoms with Gasteiger partial charge in [-0.25, -0.2) is 0 Å². The molecule has 0 N–H and O–H groups in total. The highest BCUT2D eigenvalue weighted by atomic mass is 32.2. The Balaban J connectivity index is 1.44. The average molecular weight is 310 g/mol. The van der Waals surface area contributed by atoms with Gasteiger partial charge in [-0.3, -0.25) is 9.80 Å². The van der Waals surface area contributed by atoms with E-state index in [4.69, 9.17) is 4.52 Å². The van der Waals surface area contributed by atoms with Crippen molar-refractivity contribution in [2.24, 2.45) is 0 Å². The zero-order valence-electron chi connectivity index (χ0n) is 13.0.